The molecular formula is C12H21F3N2O. The predicted molar refractivity (Wildman–Crippen MR) is 63.1 cm³/mol. The van der Waals surface area contributed by atoms with E-state index < -0.39 is 18.1 Å². The highest BCUT2D eigenvalue weighted by Crippen LogP contribution is 2.37. The Morgan fingerprint density at radius 3 is 2.44 bits per heavy atom. The van der Waals surface area contributed by atoms with Crippen LogP contribution in [-0.2, 0) is 4.79 Å². The van der Waals surface area contributed by atoms with E-state index in [-0.39, 0.29) is 24.9 Å². The van der Waals surface area contributed by atoms with Crippen LogP contribution in [0.25, 0.3) is 0 Å². The third kappa shape index (κ3) is 4.84. The van der Waals surface area contributed by atoms with Crippen molar-refractivity contribution in [1.82, 2.24) is 10.6 Å². The molecule has 0 aromatic carbocycles. The first-order chi connectivity index (χ1) is 8.30. The fourth-order valence-corrected chi connectivity index (χ4v) is 2.25. The van der Waals surface area contributed by atoms with Crippen molar-refractivity contribution in [3.05, 3.63) is 0 Å². The van der Waals surface area contributed by atoms with E-state index >= 15 is 0 Å². The van der Waals surface area contributed by atoms with Crippen LogP contribution < -0.4 is 10.6 Å². The zero-order valence-corrected chi connectivity index (χ0v) is 10.8. The molecule has 106 valence electrons. The van der Waals surface area contributed by atoms with Crippen LogP contribution >= 0.6 is 0 Å². The minimum Gasteiger partial charge on any atom is -0.352 e. The Labute approximate surface area is 106 Å². The van der Waals surface area contributed by atoms with Crippen molar-refractivity contribution in [2.24, 2.45) is 5.92 Å². The van der Waals surface area contributed by atoms with E-state index in [0.29, 0.717) is 12.8 Å². The van der Waals surface area contributed by atoms with Crippen molar-refractivity contribution in [2.75, 3.05) is 6.54 Å². The second-order valence-electron chi connectivity index (χ2n) is 5.14. The van der Waals surface area contributed by atoms with Gasteiger partial charge in [-0.1, -0.05) is 26.7 Å². The molecular weight excluding hydrogens is 245 g/mol. The van der Waals surface area contributed by atoms with Gasteiger partial charge in [0.2, 0.25) is 5.91 Å². The molecule has 18 heavy (non-hydrogen) atoms. The zero-order chi connectivity index (χ0) is 13.8. The molecule has 0 heterocycles. The Kier molecular flexibility index (Phi) is 5.44. The lowest BCUT2D eigenvalue weighted by Crippen LogP contribution is -2.50. The largest absolute Gasteiger partial charge is 0.393 e. The van der Waals surface area contributed by atoms with Gasteiger partial charge in [0.25, 0.3) is 0 Å². The Balaban J connectivity index is 2.49. The first-order valence-corrected chi connectivity index (χ1v) is 6.40. The van der Waals surface area contributed by atoms with Gasteiger partial charge in [-0.15, -0.1) is 0 Å². The lowest BCUT2D eigenvalue weighted by molar-refractivity contribution is -0.189. The number of alkyl halides is 3. The topological polar surface area (TPSA) is 41.1 Å². The summed E-state index contributed by atoms with van der Waals surface area (Å²) >= 11 is 0. The van der Waals surface area contributed by atoms with E-state index in [1.54, 1.807) is 0 Å². The van der Waals surface area contributed by atoms with Crippen LogP contribution in [0.3, 0.4) is 0 Å². The fourth-order valence-electron chi connectivity index (χ4n) is 2.25. The minimum atomic E-state index is -4.22. The summed E-state index contributed by atoms with van der Waals surface area (Å²) in [5.74, 6) is -1.75. The van der Waals surface area contributed by atoms with Crippen molar-refractivity contribution in [3.8, 4) is 0 Å². The van der Waals surface area contributed by atoms with Gasteiger partial charge in [-0.25, -0.2) is 0 Å². The number of halogens is 3. The zero-order valence-electron chi connectivity index (χ0n) is 10.8. The minimum absolute atomic E-state index is 0.0682. The first-order valence-electron chi connectivity index (χ1n) is 6.40. The molecule has 0 aromatic rings. The Morgan fingerprint density at radius 1 is 1.28 bits per heavy atom. The molecule has 1 rings (SSSR count). The van der Waals surface area contributed by atoms with Crippen LogP contribution in [0.1, 0.15) is 39.5 Å². The molecule has 0 saturated heterocycles. The van der Waals surface area contributed by atoms with Crippen molar-refractivity contribution < 1.29 is 18.0 Å². The molecule has 1 saturated carbocycles. The second-order valence-corrected chi connectivity index (χ2v) is 5.14. The molecule has 0 spiro atoms. The number of carbonyl (C=O) groups excluding carboxylic acids is 1. The van der Waals surface area contributed by atoms with E-state index in [2.05, 4.69) is 10.6 Å². The first kappa shape index (κ1) is 15.3. The van der Waals surface area contributed by atoms with E-state index in [9.17, 15) is 18.0 Å². The molecule has 0 bridgehead atoms. The highest BCUT2D eigenvalue weighted by atomic mass is 19.4. The summed E-state index contributed by atoms with van der Waals surface area (Å²) in [5.41, 5.74) is 0. The standard InChI is InChI=1S/C12H21F3N2O/c1-8(2)16-7-11(18)17-10-6-4-3-5-9(10)12(13,14)15/h8-10,16H,3-7H2,1-2H3,(H,17,18). The number of rotatable bonds is 4. The van der Waals surface area contributed by atoms with Crippen molar-refractivity contribution in [2.45, 2.75) is 57.8 Å². The third-order valence-corrected chi connectivity index (χ3v) is 3.20. The van der Waals surface area contributed by atoms with Crippen LogP contribution in [0, 0.1) is 5.92 Å². The molecule has 2 N–H and O–H groups in total. The molecule has 0 radical (unpaired) electrons. The van der Waals surface area contributed by atoms with Gasteiger partial charge in [-0.3, -0.25) is 4.79 Å². The highest BCUT2D eigenvalue weighted by molar-refractivity contribution is 5.78. The predicted octanol–water partition coefficient (Wildman–Crippen LogP) is 2.22. The van der Waals surface area contributed by atoms with Crippen LogP contribution in [0.2, 0.25) is 0 Å². The summed E-state index contributed by atoms with van der Waals surface area (Å²) in [4.78, 5) is 11.5. The number of amides is 1. The summed E-state index contributed by atoms with van der Waals surface area (Å²) in [6.45, 7) is 3.83. The van der Waals surface area contributed by atoms with Crippen molar-refractivity contribution in [3.63, 3.8) is 0 Å². The Hall–Kier alpha value is -0.780. The smallest absolute Gasteiger partial charge is 0.352 e. The van der Waals surface area contributed by atoms with E-state index in [1.807, 2.05) is 13.8 Å². The Morgan fingerprint density at radius 2 is 1.89 bits per heavy atom. The normalized spacial score (nSPS) is 25.2. The molecule has 3 nitrogen and oxygen atoms in total. The molecule has 1 aliphatic rings. The summed E-state index contributed by atoms with van der Waals surface area (Å²) in [7, 11) is 0. The van der Waals surface area contributed by atoms with Crippen LogP contribution in [-0.4, -0.2) is 30.7 Å². The lowest BCUT2D eigenvalue weighted by Gasteiger charge is -2.33. The van der Waals surface area contributed by atoms with E-state index in [4.69, 9.17) is 0 Å². The maximum Gasteiger partial charge on any atom is 0.393 e. The maximum absolute atomic E-state index is 12.8. The SMILES string of the molecule is CC(C)NCC(=O)NC1CCCCC1C(F)(F)F. The summed E-state index contributed by atoms with van der Waals surface area (Å²) in [6.07, 6.45) is -2.36. The fraction of sp³-hybridized carbons (Fsp3) is 0.917. The highest BCUT2D eigenvalue weighted by Gasteiger charge is 2.45. The van der Waals surface area contributed by atoms with Crippen LogP contribution in [0.15, 0.2) is 0 Å². The average molecular weight is 266 g/mol. The molecule has 2 unspecified atom stereocenters. The summed E-state index contributed by atoms with van der Waals surface area (Å²) < 4.78 is 38.4. The third-order valence-electron chi connectivity index (χ3n) is 3.20. The summed E-state index contributed by atoms with van der Waals surface area (Å²) in [5, 5.41) is 5.40. The summed E-state index contributed by atoms with van der Waals surface area (Å²) in [6, 6.07) is -0.624. The molecule has 6 heteroatoms. The molecule has 1 amide bonds. The maximum atomic E-state index is 12.8. The van der Waals surface area contributed by atoms with Gasteiger partial charge in [0.15, 0.2) is 0 Å². The quantitative estimate of drug-likeness (QED) is 0.819. The second kappa shape index (κ2) is 6.41. The molecule has 0 aliphatic heterocycles. The van der Waals surface area contributed by atoms with Crippen LogP contribution in [0.4, 0.5) is 13.2 Å². The Bertz CT molecular complexity index is 279. The number of carbonyl (C=O) groups is 1. The van der Waals surface area contributed by atoms with E-state index in [1.165, 1.54) is 0 Å². The van der Waals surface area contributed by atoms with Crippen molar-refractivity contribution >= 4 is 5.91 Å². The molecule has 1 aliphatic carbocycles. The van der Waals surface area contributed by atoms with Crippen LogP contribution in [0.5, 0.6) is 0 Å². The van der Waals surface area contributed by atoms with Gasteiger partial charge in [-0.05, 0) is 12.8 Å². The number of hydrogen-bond acceptors (Lipinski definition) is 2. The van der Waals surface area contributed by atoms with Gasteiger partial charge >= 0.3 is 6.18 Å². The van der Waals surface area contributed by atoms with E-state index in [0.717, 1.165) is 6.42 Å². The van der Waals surface area contributed by atoms with Gasteiger partial charge in [0, 0.05) is 12.1 Å². The van der Waals surface area contributed by atoms with Gasteiger partial charge in [0.05, 0.1) is 12.5 Å². The van der Waals surface area contributed by atoms with Gasteiger partial charge < -0.3 is 10.6 Å². The number of hydrogen-bond donors (Lipinski definition) is 2. The average Bonchev–Trinajstić information content (AvgIpc) is 2.25. The molecule has 1 fully saturated rings. The lowest BCUT2D eigenvalue weighted by atomic mass is 9.84. The van der Waals surface area contributed by atoms with Crippen molar-refractivity contribution in [1.29, 1.82) is 0 Å². The molecule has 0 aromatic heterocycles. The monoisotopic (exact) mass is 266 g/mol. The molecule has 2 atom stereocenters. The number of nitrogens with one attached hydrogen (secondary N) is 2. The van der Waals surface area contributed by atoms with Gasteiger partial charge in [-0.2, -0.15) is 13.2 Å². The van der Waals surface area contributed by atoms with Gasteiger partial charge in [0.1, 0.15) is 0 Å².